The van der Waals surface area contributed by atoms with Gasteiger partial charge in [-0.1, -0.05) is 29.8 Å². The van der Waals surface area contributed by atoms with Gasteiger partial charge in [-0.3, -0.25) is 33.7 Å². The average molecular weight is 573 g/mol. The average Bonchev–Trinajstić information content (AvgIpc) is 3.16. The zero-order valence-electron chi connectivity index (χ0n) is 22.2. The van der Waals surface area contributed by atoms with E-state index in [0.717, 1.165) is 10.5 Å². The molecule has 0 aliphatic carbocycles. The second-order valence-electron chi connectivity index (χ2n) is 9.45. The van der Waals surface area contributed by atoms with Crippen LogP contribution >= 0.6 is 0 Å². The number of rotatable bonds is 14. The Morgan fingerprint density at radius 3 is 2.12 bits per heavy atom. The predicted molar refractivity (Wildman–Crippen MR) is 145 cm³/mol. The zero-order chi connectivity index (χ0) is 29.5. The maximum atomic E-state index is 13.7. The molecule has 1 aliphatic rings. The Bertz CT molecular complexity index is 1370. The van der Waals surface area contributed by atoms with Crippen LogP contribution in [0.4, 0.5) is 0 Å². The molecule has 0 radical (unpaired) electrons. The number of unbranched alkanes of at least 4 members (excludes halogenated alkanes) is 1. The third-order valence-electron chi connectivity index (χ3n) is 6.52. The molecule has 0 saturated carbocycles. The summed E-state index contributed by atoms with van der Waals surface area (Å²) in [5.41, 5.74) is -0.952. The van der Waals surface area contributed by atoms with Gasteiger partial charge in [0.05, 0.1) is 28.5 Å². The van der Waals surface area contributed by atoms with Crippen molar-refractivity contribution in [3.8, 4) is 0 Å². The fraction of sp³-hybridized carbons (Fsp3) is 0.370. The SMILES string of the molecule is CC(=N)NCCCCC(CCOS(=O)(=O)c1ccc(C)cc1)(C(=O)NCC(=O)O)N1C(=O)c2ccccc2C1=O. The lowest BCUT2D eigenvalue weighted by atomic mass is 9.85. The van der Waals surface area contributed by atoms with Crippen molar-refractivity contribution >= 4 is 39.6 Å². The van der Waals surface area contributed by atoms with Gasteiger partial charge in [-0.05, 0) is 57.4 Å². The largest absolute Gasteiger partial charge is 0.480 e. The first-order valence-electron chi connectivity index (χ1n) is 12.6. The van der Waals surface area contributed by atoms with E-state index in [2.05, 4.69) is 10.6 Å². The topological polar surface area (TPSA) is 183 Å². The van der Waals surface area contributed by atoms with E-state index in [4.69, 9.17) is 9.59 Å². The molecule has 2 aromatic carbocycles. The predicted octanol–water partition coefficient (Wildman–Crippen LogP) is 2.08. The standard InChI is InChI=1S/C27H32N4O8S/c1-18-9-11-20(12-10-18)40(37,38)39-16-14-27(26(36)30-17-23(32)33,13-5-6-15-29-19(2)28)31-24(34)21-7-3-4-8-22(21)25(31)35/h3-4,7-12H,5-6,13-17H2,1-2H3,(H2,28,29)(H,30,36)(H,32,33). The Hall–Kier alpha value is -4.10. The summed E-state index contributed by atoms with van der Waals surface area (Å²) in [6, 6.07) is 12.0. The Labute approximate surface area is 232 Å². The number of amidine groups is 1. The van der Waals surface area contributed by atoms with Crippen LogP contribution in [0.5, 0.6) is 0 Å². The maximum Gasteiger partial charge on any atom is 0.322 e. The fourth-order valence-corrected chi connectivity index (χ4v) is 5.40. The first kappa shape index (κ1) is 30.4. The van der Waals surface area contributed by atoms with Gasteiger partial charge in [0.1, 0.15) is 12.1 Å². The van der Waals surface area contributed by atoms with Crippen LogP contribution in [0, 0.1) is 12.3 Å². The van der Waals surface area contributed by atoms with Crippen LogP contribution in [0.25, 0.3) is 0 Å². The van der Waals surface area contributed by atoms with Gasteiger partial charge in [0.15, 0.2) is 0 Å². The number of nitrogens with one attached hydrogen (secondary N) is 3. The summed E-state index contributed by atoms with van der Waals surface area (Å²) in [6.45, 7) is 2.39. The van der Waals surface area contributed by atoms with Gasteiger partial charge in [0.2, 0.25) is 5.91 Å². The molecule has 13 heteroatoms. The molecule has 1 aliphatic heterocycles. The lowest BCUT2D eigenvalue weighted by molar-refractivity contribution is -0.140. The first-order valence-corrected chi connectivity index (χ1v) is 14.0. The van der Waals surface area contributed by atoms with E-state index in [0.29, 0.717) is 13.0 Å². The molecule has 40 heavy (non-hydrogen) atoms. The smallest absolute Gasteiger partial charge is 0.322 e. The van der Waals surface area contributed by atoms with Crippen LogP contribution in [-0.4, -0.2) is 73.2 Å². The Morgan fingerprint density at radius 2 is 1.57 bits per heavy atom. The highest BCUT2D eigenvalue weighted by molar-refractivity contribution is 7.86. The molecule has 4 N–H and O–H groups in total. The van der Waals surface area contributed by atoms with E-state index in [1.807, 2.05) is 0 Å². The van der Waals surface area contributed by atoms with Gasteiger partial charge in [-0.15, -0.1) is 0 Å². The highest BCUT2D eigenvalue weighted by Crippen LogP contribution is 2.36. The number of hydrogen-bond donors (Lipinski definition) is 4. The second-order valence-corrected chi connectivity index (χ2v) is 11.1. The maximum absolute atomic E-state index is 13.7. The molecule has 2 aromatic rings. The molecule has 0 fully saturated rings. The summed E-state index contributed by atoms with van der Waals surface area (Å²) >= 11 is 0. The molecular formula is C27H32N4O8S. The number of aryl methyl sites for hydroxylation is 1. The van der Waals surface area contributed by atoms with Crippen LogP contribution in [0.15, 0.2) is 53.4 Å². The third-order valence-corrected chi connectivity index (χ3v) is 7.84. The van der Waals surface area contributed by atoms with Crippen molar-refractivity contribution < 1.29 is 36.9 Å². The van der Waals surface area contributed by atoms with Crippen LogP contribution in [-0.2, 0) is 23.9 Å². The van der Waals surface area contributed by atoms with E-state index in [1.165, 1.54) is 24.3 Å². The van der Waals surface area contributed by atoms with E-state index in [1.54, 1.807) is 38.1 Å². The Kier molecular flexibility index (Phi) is 9.77. The lowest BCUT2D eigenvalue weighted by Crippen LogP contribution is -2.62. The van der Waals surface area contributed by atoms with Crippen LogP contribution in [0.3, 0.4) is 0 Å². The highest BCUT2D eigenvalue weighted by atomic mass is 32.2. The monoisotopic (exact) mass is 572 g/mol. The van der Waals surface area contributed by atoms with Crippen molar-refractivity contribution in [2.75, 3.05) is 19.7 Å². The number of carbonyl (C=O) groups is 4. The summed E-state index contributed by atoms with van der Waals surface area (Å²) in [5, 5.41) is 21.8. The molecule has 12 nitrogen and oxygen atoms in total. The molecule has 3 rings (SSSR count). The summed E-state index contributed by atoms with van der Waals surface area (Å²) in [5.74, 6) is -3.52. The number of aliphatic carboxylic acids is 1. The normalized spacial score (nSPS) is 14.4. The van der Waals surface area contributed by atoms with Crippen LogP contribution in [0.1, 0.15) is 58.9 Å². The minimum Gasteiger partial charge on any atom is -0.480 e. The number of nitrogens with zero attached hydrogens (tertiary/aromatic N) is 1. The number of imide groups is 1. The molecule has 0 aromatic heterocycles. The number of fused-ring (bicyclic) bond motifs is 1. The van der Waals surface area contributed by atoms with Gasteiger partial charge in [-0.2, -0.15) is 8.42 Å². The molecule has 0 saturated heterocycles. The van der Waals surface area contributed by atoms with Crippen molar-refractivity contribution in [3.63, 3.8) is 0 Å². The Morgan fingerprint density at radius 1 is 0.975 bits per heavy atom. The third kappa shape index (κ3) is 6.90. The molecule has 1 heterocycles. The van der Waals surface area contributed by atoms with Crippen molar-refractivity contribution in [3.05, 3.63) is 65.2 Å². The second kappa shape index (κ2) is 12.8. The lowest BCUT2D eigenvalue weighted by Gasteiger charge is -2.39. The van der Waals surface area contributed by atoms with Crippen molar-refractivity contribution in [2.24, 2.45) is 0 Å². The summed E-state index contributed by atoms with van der Waals surface area (Å²) in [7, 11) is -4.24. The summed E-state index contributed by atoms with van der Waals surface area (Å²) in [6.07, 6.45) is 0.206. The molecule has 1 atom stereocenters. The summed E-state index contributed by atoms with van der Waals surface area (Å²) < 4.78 is 30.9. The summed E-state index contributed by atoms with van der Waals surface area (Å²) in [4.78, 5) is 52.6. The number of benzene rings is 2. The molecule has 0 bridgehead atoms. The number of carbonyl (C=O) groups excluding carboxylic acids is 3. The van der Waals surface area contributed by atoms with E-state index in [-0.39, 0.29) is 34.7 Å². The molecule has 0 spiro atoms. The number of carboxylic acid groups (broad SMARTS) is 1. The number of carboxylic acids is 1. The van der Waals surface area contributed by atoms with Gasteiger partial charge in [0.25, 0.3) is 21.9 Å². The molecule has 3 amide bonds. The Balaban J connectivity index is 1.97. The van der Waals surface area contributed by atoms with Crippen molar-refractivity contribution in [1.29, 1.82) is 5.41 Å². The molecule has 214 valence electrons. The molecule has 1 unspecified atom stereocenters. The van der Waals surface area contributed by atoms with Gasteiger partial charge >= 0.3 is 5.97 Å². The number of hydrogen-bond acceptors (Lipinski definition) is 8. The highest BCUT2D eigenvalue weighted by Gasteiger charge is 2.53. The number of amides is 3. The van der Waals surface area contributed by atoms with E-state index in [9.17, 15) is 32.7 Å². The minimum absolute atomic E-state index is 0.0807. The molecular weight excluding hydrogens is 540 g/mol. The quantitative estimate of drug-likeness (QED) is 0.0865. The van der Waals surface area contributed by atoms with Gasteiger partial charge in [-0.25, -0.2) is 0 Å². The first-order chi connectivity index (χ1) is 18.9. The van der Waals surface area contributed by atoms with Crippen LogP contribution in [0.2, 0.25) is 0 Å². The van der Waals surface area contributed by atoms with Crippen LogP contribution < -0.4 is 10.6 Å². The van der Waals surface area contributed by atoms with E-state index < -0.39 is 58.9 Å². The van der Waals surface area contributed by atoms with Crippen molar-refractivity contribution in [1.82, 2.24) is 15.5 Å². The zero-order valence-corrected chi connectivity index (χ0v) is 23.0. The van der Waals surface area contributed by atoms with Crippen molar-refractivity contribution in [2.45, 2.75) is 50.0 Å². The fourth-order valence-electron chi connectivity index (χ4n) is 4.49. The van der Waals surface area contributed by atoms with Gasteiger partial charge in [0, 0.05) is 13.0 Å². The van der Waals surface area contributed by atoms with Gasteiger partial charge < -0.3 is 15.7 Å². The van der Waals surface area contributed by atoms with E-state index >= 15 is 0 Å². The minimum atomic E-state index is -4.24.